The summed E-state index contributed by atoms with van der Waals surface area (Å²) in [6, 6.07) is 6.87. The largest absolute Gasteiger partial charge is 0.466 e. The van der Waals surface area contributed by atoms with E-state index in [9.17, 15) is 13.2 Å². The summed E-state index contributed by atoms with van der Waals surface area (Å²) in [5.74, 6) is -0.149. The molecule has 0 radical (unpaired) electrons. The van der Waals surface area contributed by atoms with Crippen LogP contribution in [0.1, 0.15) is 56.9 Å². The van der Waals surface area contributed by atoms with E-state index in [2.05, 4.69) is 0 Å². The Morgan fingerprint density at radius 2 is 1.81 bits per heavy atom. The number of rotatable bonds is 7. The van der Waals surface area contributed by atoms with Crippen molar-refractivity contribution in [2.45, 2.75) is 61.5 Å². The zero-order valence-electron chi connectivity index (χ0n) is 15.4. The molecular formula is C20H28O5S. The van der Waals surface area contributed by atoms with Crippen molar-refractivity contribution in [2.75, 3.05) is 19.8 Å². The molecule has 1 saturated heterocycles. The van der Waals surface area contributed by atoms with E-state index in [-0.39, 0.29) is 17.1 Å². The van der Waals surface area contributed by atoms with Gasteiger partial charge in [-0.15, -0.1) is 0 Å². The Balaban J connectivity index is 1.77. The van der Waals surface area contributed by atoms with Crippen molar-refractivity contribution in [3.05, 3.63) is 29.8 Å². The van der Waals surface area contributed by atoms with Crippen molar-refractivity contribution in [2.24, 2.45) is 5.92 Å². The average molecular weight is 381 g/mol. The van der Waals surface area contributed by atoms with Crippen LogP contribution in [0.3, 0.4) is 0 Å². The van der Waals surface area contributed by atoms with Crippen molar-refractivity contribution >= 4 is 15.8 Å². The molecule has 1 atom stereocenters. The fourth-order valence-electron chi connectivity index (χ4n) is 3.69. The first-order chi connectivity index (χ1) is 12.5. The maximum absolute atomic E-state index is 12.5. The molecule has 1 saturated carbocycles. The predicted octanol–water partition coefficient (Wildman–Crippen LogP) is 3.48. The number of sulfone groups is 1. The lowest BCUT2D eigenvalue weighted by atomic mass is 9.85. The highest BCUT2D eigenvalue weighted by atomic mass is 32.2. The summed E-state index contributed by atoms with van der Waals surface area (Å²) in [5.41, 5.74) is 0.836. The van der Waals surface area contributed by atoms with E-state index < -0.39 is 9.84 Å². The molecule has 1 heterocycles. The first-order valence-corrected chi connectivity index (χ1v) is 11.1. The Labute approximate surface area is 156 Å². The fraction of sp³-hybridized carbons (Fsp3) is 0.650. The van der Waals surface area contributed by atoms with Crippen molar-refractivity contribution in [3.8, 4) is 0 Å². The Morgan fingerprint density at radius 1 is 1.15 bits per heavy atom. The van der Waals surface area contributed by atoms with Gasteiger partial charge in [0.05, 0.1) is 22.7 Å². The lowest BCUT2D eigenvalue weighted by molar-refractivity contribution is -0.145. The van der Waals surface area contributed by atoms with E-state index in [0.29, 0.717) is 17.4 Å². The molecule has 0 spiro atoms. The van der Waals surface area contributed by atoms with E-state index in [1.54, 1.807) is 31.2 Å². The molecular weight excluding hydrogens is 352 g/mol. The summed E-state index contributed by atoms with van der Waals surface area (Å²) < 4.78 is 35.8. The van der Waals surface area contributed by atoms with Gasteiger partial charge in [-0.25, -0.2) is 8.42 Å². The van der Waals surface area contributed by atoms with Crippen LogP contribution in [0.15, 0.2) is 29.2 Å². The summed E-state index contributed by atoms with van der Waals surface area (Å²) in [7, 11) is -3.24. The van der Waals surface area contributed by atoms with Crippen molar-refractivity contribution in [1.82, 2.24) is 0 Å². The predicted molar refractivity (Wildman–Crippen MR) is 98.8 cm³/mol. The molecule has 1 unspecified atom stereocenters. The summed E-state index contributed by atoms with van der Waals surface area (Å²) in [6.07, 6.45) is 5.10. The lowest BCUT2D eigenvalue weighted by Crippen LogP contribution is -2.28. The van der Waals surface area contributed by atoms with E-state index >= 15 is 0 Å². The molecule has 26 heavy (non-hydrogen) atoms. The topological polar surface area (TPSA) is 69.7 Å². The van der Waals surface area contributed by atoms with Gasteiger partial charge >= 0.3 is 5.97 Å². The van der Waals surface area contributed by atoms with Crippen LogP contribution in [0.2, 0.25) is 0 Å². The maximum Gasteiger partial charge on any atom is 0.313 e. The lowest BCUT2D eigenvalue weighted by Gasteiger charge is -2.27. The fourth-order valence-corrected chi connectivity index (χ4v) is 5.54. The van der Waals surface area contributed by atoms with Gasteiger partial charge in [0.25, 0.3) is 0 Å². The van der Waals surface area contributed by atoms with E-state index in [0.717, 1.165) is 57.3 Å². The molecule has 1 aromatic rings. The third-order valence-electron chi connectivity index (χ3n) is 5.58. The van der Waals surface area contributed by atoms with Crippen LogP contribution in [0.4, 0.5) is 0 Å². The van der Waals surface area contributed by atoms with Crippen LogP contribution >= 0.6 is 0 Å². The third-order valence-corrected chi connectivity index (χ3v) is 7.86. The molecule has 0 aromatic heterocycles. The molecule has 5 nitrogen and oxygen atoms in total. The van der Waals surface area contributed by atoms with E-state index in [4.69, 9.17) is 9.47 Å². The monoisotopic (exact) mass is 380 g/mol. The second-order valence-electron chi connectivity index (χ2n) is 7.26. The van der Waals surface area contributed by atoms with Gasteiger partial charge in [-0.1, -0.05) is 18.6 Å². The van der Waals surface area contributed by atoms with Crippen LogP contribution in [-0.4, -0.2) is 39.5 Å². The second kappa shape index (κ2) is 8.53. The first kappa shape index (κ1) is 19.4. The minimum Gasteiger partial charge on any atom is -0.466 e. The highest BCUT2D eigenvalue weighted by Crippen LogP contribution is 2.34. The molecule has 0 N–H and O–H groups in total. The standard InChI is InChI=1S/C20H28O5S/c1-2-25-20(21)19(14-15-10-12-24-13-11-15)16-6-8-18(9-7-16)26(22,23)17-4-3-5-17/h6-9,15,17,19H,2-5,10-14H2,1H3. The molecule has 3 rings (SSSR count). The molecule has 0 bridgehead atoms. The van der Waals surface area contributed by atoms with Crippen molar-refractivity contribution < 1.29 is 22.7 Å². The molecule has 6 heteroatoms. The first-order valence-electron chi connectivity index (χ1n) is 9.60. The van der Waals surface area contributed by atoms with Crippen LogP contribution < -0.4 is 0 Å². The Hall–Kier alpha value is -1.40. The van der Waals surface area contributed by atoms with Crippen molar-refractivity contribution in [3.63, 3.8) is 0 Å². The normalized spacial score (nSPS) is 20.3. The quantitative estimate of drug-likeness (QED) is 0.678. The van der Waals surface area contributed by atoms with Gasteiger partial charge < -0.3 is 9.47 Å². The third kappa shape index (κ3) is 4.29. The smallest absolute Gasteiger partial charge is 0.313 e. The minimum absolute atomic E-state index is 0.228. The van der Waals surface area contributed by atoms with Crippen LogP contribution in [0, 0.1) is 5.92 Å². The zero-order chi connectivity index (χ0) is 18.6. The van der Waals surface area contributed by atoms with Gasteiger partial charge in [0.1, 0.15) is 0 Å². The molecule has 144 valence electrons. The minimum atomic E-state index is -3.24. The van der Waals surface area contributed by atoms with Crippen molar-refractivity contribution in [1.29, 1.82) is 0 Å². The van der Waals surface area contributed by atoms with Gasteiger partial charge in [0, 0.05) is 13.2 Å². The molecule has 2 fully saturated rings. The number of benzene rings is 1. The number of carbonyl (C=O) groups excluding carboxylic acids is 1. The van der Waals surface area contributed by atoms with Gasteiger partial charge in [0.2, 0.25) is 0 Å². The highest BCUT2D eigenvalue weighted by Gasteiger charge is 2.33. The summed E-state index contributed by atoms with van der Waals surface area (Å²) in [4.78, 5) is 12.9. The molecule has 1 aromatic carbocycles. The number of carbonyl (C=O) groups is 1. The SMILES string of the molecule is CCOC(=O)C(CC1CCOCC1)c1ccc(S(=O)(=O)C2CCC2)cc1. The number of hydrogen-bond donors (Lipinski definition) is 0. The molecule has 1 aliphatic heterocycles. The van der Waals surface area contributed by atoms with E-state index in [1.807, 2.05) is 0 Å². The maximum atomic E-state index is 12.5. The second-order valence-corrected chi connectivity index (χ2v) is 9.49. The summed E-state index contributed by atoms with van der Waals surface area (Å²) >= 11 is 0. The van der Waals surface area contributed by atoms with Crippen LogP contribution in [0.25, 0.3) is 0 Å². The number of hydrogen-bond acceptors (Lipinski definition) is 5. The van der Waals surface area contributed by atoms with Gasteiger partial charge in [-0.05, 0) is 62.6 Å². The van der Waals surface area contributed by atoms with Gasteiger partial charge in [0.15, 0.2) is 9.84 Å². The number of ether oxygens (including phenoxy) is 2. The average Bonchev–Trinajstić information content (AvgIpc) is 2.59. The van der Waals surface area contributed by atoms with Gasteiger partial charge in [-0.2, -0.15) is 0 Å². The Bertz CT molecular complexity index is 700. The van der Waals surface area contributed by atoms with Gasteiger partial charge in [-0.3, -0.25) is 4.79 Å². The zero-order valence-corrected chi connectivity index (χ0v) is 16.2. The Kier molecular flexibility index (Phi) is 6.35. The highest BCUT2D eigenvalue weighted by molar-refractivity contribution is 7.92. The molecule has 0 amide bonds. The Morgan fingerprint density at radius 3 is 2.35 bits per heavy atom. The summed E-state index contributed by atoms with van der Waals surface area (Å²) in [5, 5.41) is -0.239. The number of esters is 1. The van der Waals surface area contributed by atoms with Crippen LogP contribution in [0.5, 0.6) is 0 Å². The summed E-state index contributed by atoms with van der Waals surface area (Å²) in [6.45, 7) is 3.62. The van der Waals surface area contributed by atoms with E-state index in [1.165, 1.54) is 0 Å². The molecule has 2 aliphatic rings. The molecule has 1 aliphatic carbocycles. The van der Waals surface area contributed by atoms with Crippen LogP contribution in [-0.2, 0) is 24.1 Å².